The molecule has 25 heavy (non-hydrogen) atoms. The Balaban J connectivity index is 2.13. The molecule has 3 rings (SSSR count). The van der Waals surface area contributed by atoms with E-state index in [0.717, 1.165) is 28.2 Å². The molecule has 0 fully saturated rings. The first-order chi connectivity index (χ1) is 12.0. The molecule has 3 nitrogen and oxygen atoms in total. The summed E-state index contributed by atoms with van der Waals surface area (Å²) in [5, 5.41) is 11.6. The molecule has 0 aliphatic carbocycles. The number of aryl methyl sites for hydroxylation is 3. The van der Waals surface area contributed by atoms with Crippen LogP contribution in [0.5, 0.6) is 0 Å². The highest BCUT2D eigenvalue weighted by molar-refractivity contribution is 6.31. The zero-order valence-electron chi connectivity index (χ0n) is 14.3. The zero-order chi connectivity index (χ0) is 18.0. The Bertz CT molecular complexity index is 910. The first-order valence-corrected chi connectivity index (χ1v) is 8.57. The summed E-state index contributed by atoms with van der Waals surface area (Å²) >= 11 is 6.31. The maximum atomic E-state index is 10.9. The van der Waals surface area contributed by atoms with Crippen molar-refractivity contribution in [3.63, 3.8) is 0 Å². The topological polar surface area (TPSA) is 45.1 Å². The summed E-state index contributed by atoms with van der Waals surface area (Å²) in [5.41, 5.74) is 6.11. The molecule has 0 N–H and O–H groups in total. The SMILES string of the molecule is Cc1ccc(-c2ccc(CCC(=O)[O-])n2-c2ccc(C)c(Cl)c2)cc1. The van der Waals surface area contributed by atoms with Gasteiger partial charge in [0.15, 0.2) is 0 Å². The van der Waals surface area contributed by atoms with E-state index < -0.39 is 5.97 Å². The van der Waals surface area contributed by atoms with E-state index in [1.807, 2.05) is 44.2 Å². The number of hydrogen-bond acceptors (Lipinski definition) is 2. The molecule has 0 bridgehead atoms. The Kier molecular flexibility index (Phi) is 4.95. The number of halogens is 1. The molecular weight excluding hydrogens is 334 g/mol. The van der Waals surface area contributed by atoms with Gasteiger partial charge in [0, 0.05) is 22.4 Å². The van der Waals surface area contributed by atoms with E-state index in [4.69, 9.17) is 11.6 Å². The van der Waals surface area contributed by atoms with Crippen molar-refractivity contribution in [2.75, 3.05) is 0 Å². The lowest BCUT2D eigenvalue weighted by Gasteiger charge is -2.15. The lowest BCUT2D eigenvalue weighted by molar-refractivity contribution is -0.305. The fraction of sp³-hybridized carbons (Fsp3) is 0.190. The minimum atomic E-state index is -1.05. The maximum absolute atomic E-state index is 10.9. The zero-order valence-corrected chi connectivity index (χ0v) is 15.0. The number of rotatable bonds is 5. The summed E-state index contributed by atoms with van der Waals surface area (Å²) in [6, 6.07) is 18.1. The molecule has 0 amide bonds. The highest BCUT2D eigenvalue weighted by Gasteiger charge is 2.13. The van der Waals surface area contributed by atoms with E-state index in [1.54, 1.807) is 0 Å². The molecule has 4 heteroatoms. The molecule has 128 valence electrons. The fourth-order valence-electron chi connectivity index (χ4n) is 2.88. The van der Waals surface area contributed by atoms with Crippen LogP contribution >= 0.6 is 11.6 Å². The minimum Gasteiger partial charge on any atom is -0.550 e. The van der Waals surface area contributed by atoms with Gasteiger partial charge in [0.05, 0.1) is 5.69 Å². The van der Waals surface area contributed by atoms with Crippen LogP contribution in [0.4, 0.5) is 0 Å². The molecule has 0 unspecified atom stereocenters. The van der Waals surface area contributed by atoms with Crippen LogP contribution < -0.4 is 5.11 Å². The van der Waals surface area contributed by atoms with Crippen LogP contribution in [-0.2, 0) is 11.2 Å². The number of nitrogens with zero attached hydrogens (tertiary/aromatic N) is 1. The summed E-state index contributed by atoms with van der Waals surface area (Å²) in [6.45, 7) is 4.01. The largest absolute Gasteiger partial charge is 0.550 e. The van der Waals surface area contributed by atoms with E-state index in [9.17, 15) is 9.90 Å². The van der Waals surface area contributed by atoms with Gasteiger partial charge in [-0.2, -0.15) is 0 Å². The Hall–Kier alpha value is -2.52. The van der Waals surface area contributed by atoms with Crippen LogP contribution in [0.25, 0.3) is 16.9 Å². The second-order valence-electron chi connectivity index (χ2n) is 6.22. The van der Waals surface area contributed by atoms with Gasteiger partial charge in [-0.25, -0.2) is 0 Å². The molecule has 0 radical (unpaired) electrons. The first kappa shape index (κ1) is 17.3. The van der Waals surface area contributed by atoms with Crippen molar-refractivity contribution >= 4 is 17.6 Å². The van der Waals surface area contributed by atoms with Gasteiger partial charge >= 0.3 is 0 Å². The number of aromatic nitrogens is 1. The normalized spacial score (nSPS) is 10.8. The van der Waals surface area contributed by atoms with Crippen molar-refractivity contribution in [1.82, 2.24) is 4.57 Å². The molecule has 0 aliphatic rings. The number of hydrogen-bond donors (Lipinski definition) is 0. The van der Waals surface area contributed by atoms with Crippen LogP contribution in [-0.4, -0.2) is 10.5 Å². The van der Waals surface area contributed by atoms with Gasteiger partial charge in [-0.05, 0) is 62.1 Å². The van der Waals surface area contributed by atoms with Gasteiger partial charge in [-0.1, -0.05) is 47.5 Å². The third-order valence-corrected chi connectivity index (χ3v) is 4.72. The molecule has 1 aromatic heterocycles. The van der Waals surface area contributed by atoms with E-state index in [0.29, 0.717) is 11.4 Å². The van der Waals surface area contributed by atoms with E-state index in [1.165, 1.54) is 5.56 Å². The van der Waals surface area contributed by atoms with Crippen LogP contribution in [0.2, 0.25) is 5.02 Å². The summed E-state index contributed by atoms with van der Waals surface area (Å²) in [6.07, 6.45) is 0.386. The van der Waals surface area contributed by atoms with Crippen LogP contribution in [0.1, 0.15) is 23.2 Å². The number of carbonyl (C=O) groups excluding carboxylic acids is 1. The smallest absolute Gasteiger partial charge is 0.0531 e. The van der Waals surface area contributed by atoms with Crippen molar-refractivity contribution in [1.29, 1.82) is 0 Å². The van der Waals surface area contributed by atoms with Crippen molar-refractivity contribution < 1.29 is 9.90 Å². The van der Waals surface area contributed by atoms with Gasteiger partial charge in [-0.3, -0.25) is 0 Å². The van der Waals surface area contributed by atoms with Crippen molar-refractivity contribution in [3.05, 3.63) is 76.4 Å². The van der Waals surface area contributed by atoms with E-state index in [2.05, 4.69) is 28.8 Å². The number of carboxylic acid groups (broad SMARTS) is 1. The maximum Gasteiger partial charge on any atom is 0.0531 e. The first-order valence-electron chi connectivity index (χ1n) is 8.20. The van der Waals surface area contributed by atoms with Crippen LogP contribution in [0.15, 0.2) is 54.6 Å². The Morgan fingerprint density at radius 3 is 2.40 bits per heavy atom. The highest BCUT2D eigenvalue weighted by Crippen LogP contribution is 2.29. The third-order valence-electron chi connectivity index (χ3n) is 4.31. The standard InChI is InChI=1S/C21H20ClNO2/c1-14-3-6-16(7-4-14)20-11-9-17(10-12-21(24)25)23(20)18-8-5-15(2)19(22)13-18/h3-9,11,13H,10,12H2,1-2H3,(H,24,25)/p-1. The number of carboxylic acids is 1. The predicted molar refractivity (Wildman–Crippen MR) is 99.0 cm³/mol. The monoisotopic (exact) mass is 352 g/mol. The van der Waals surface area contributed by atoms with Crippen LogP contribution in [0.3, 0.4) is 0 Å². The number of aliphatic carboxylic acids is 1. The molecule has 2 aromatic carbocycles. The van der Waals surface area contributed by atoms with Gasteiger partial charge in [0.2, 0.25) is 0 Å². The average molecular weight is 353 g/mol. The lowest BCUT2D eigenvalue weighted by Crippen LogP contribution is -2.22. The predicted octanol–water partition coefficient (Wildman–Crippen LogP) is 4.10. The second-order valence-corrected chi connectivity index (χ2v) is 6.62. The number of carbonyl (C=O) groups is 1. The highest BCUT2D eigenvalue weighted by atomic mass is 35.5. The lowest BCUT2D eigenvalue weighted by atomic mass is 10.1. The fourth-order valence-corrected chi connectivity index (χ4v) is 3.05. The van der Waals surface area contributed by atoms with Gasteiger partial charge in [0.25, 0.3) is 0 Å². The third kappa shape index (κ3) is 3.77. The summed E-state index contributed by atoms with van der Waals surface area (Å²) in [4.78, 5) is 10.9. The molecule has 0 atom stereocenters. The summed E-state index contributed by atoms with van der Waals surface area (Å²) < 4.78 is 2.07. The van der Waals surface area contributed by atoms with Gasteiger partial charge in [0.1, 0.15) is 0 Å². The summed E-state index contributed by atoms with van der Waals surface area (Å²) in [7, 11) is 0. The molecule has 3 aromatic rings. The quantitative estimate of drug-likeness (QED) is 0.694. The Morgan fingerprint density at radius 2 is 1.76 bits per heavy atom. The van der Waals surface area contributed by atoms with E-state index in [-0.39, 0.29) is 6.42 Å². The number of benzene rings is 2. The minimum absolute atomic E-state index is 0.0169. The van der Waals surface area contributed by atoms with E-state index >= 15 is 0 Å². The van der Waals surface area contributed by atoms with Crippen molar-refractivity contribution in [2.45, 2.75) is 26.7 Å². The molecule has 0 saturated heterocycles. The van der Waals surface area contributed by atoms with Crippen molar-refractivity contribution in [2.24, 2.45) is 0 Å². The van der Waals surface area contributed by atoms with Crippen LogP contribution in [0, 0.1) is 13.8 Å². The summed E-state index contributed by atoms with van der Waals surface area (Å²) in [5.74, 6) is -1.05. The second kappa shape index (κ2) is 7.16. The Labute approximate surface area is 152 Å². The molecular formula is C21H19ClNO2-. The molecule has 0 spiro atoms. The molecule has 0 aliphatic heterocycles. The van der Waals surface area contributed by atoms with Gasteiger partial charge in [-0.15, -0.1) is 0 Å². The molecule has 1 heterocycles. The average Bonchev–Trinajstić information content (AvgIpc) is 3.00. The van der Waals surface area contributed by atoms with Crippen molar-refractivity contribution in [3.8, 4) is 16.9 Å². The van der Waals surface area contributed by atoms with Gasteiger partial charge < -0.3 is 14.5 Å². The molecule has 0 saturated carbocycles. The Morgan fingerprint density at radius 1 is 1.04 bits per heavy atom.